The normalized spacial score (nSPS) is 22.4. The highest BCUT2D eigenvalue weighted by molar-refractivity contribution is 5.81. The largest absolute Gasteiger partial charge is 0.370 e. The molecule has 102 valence electrons. The van der Waals surface area contributed by atoms with Crippen LogP contribution in [0.5, 0.6) is 0 Å². The molecule has 6 N–H and O–H groups in total. The molecule has 5 heteroatoms. The molecule has 0 aliphatic carbocycles. The van der Waals surface area contributed by atoms with E-state index in [1.54, 1.807) is 0 Å². The molecule has 0 aromatic heterocycles. The molecule has 1 aliphatic rings. The molecule has 0 radical (unpaired) electrons. The van der Waals surface area contributed by atoms with Gasteiger partial charge in [-0.15, -0.1) is 0 Å². The summed E-state index contributed by atoms with van der Waals surface area (Å²) >= 11 is 0. The predicted octanol–water partition coefficient (Wildman–Crippen LogP) is 0.295. The first-order chi connectivity index (χ1) is 9.17. The molecule has 5 nitrogen and oxygen atoms in total. The molecule has 1 unspecified atom stereocenters. The van der Waals surface area contributed by atoms with E-state index in [1.807, 2.05) is 25.2 Å². The summed E-state index contributed by atoms with van der Waals surface area (Å²) in [6, 6.07) is 10.2. The van der Waals surface area contributed by atoms with Gasteiger partial charge in [-0.1, -0.05) is 30.3 Å². The van der Waals surface area contributed by atoms with Crippen LogP contribution in [-0.2, 0) is 6.42 Å². The van der Waals surface area contributed by atoms with Crippen molar-refractivity contribution in [2.75, 3.05) is 13.6 Å². The van der Waals surface area contributed by atoms with Crippen molar-refractivity contribution in [1.82, 2.24) is 10.6 Å². The second-order valence-electron chi connectivity index (χ2n) is 4.67. The van der Waals surface area contributed by atoms with Gasteiger partial charge in [-0.3, -0.25) is 5.32 Å². The Kier molecular flexibility index (Phi) is 4.19. The van der Waals surface area contributed by atoms with E-state index in [0.29, 0.717) is 18.9 Å². The Morgan fingerprint density at radius 3 is 2.68 bits per heavy atom. The summed E-state index contributed by atoms with van der Waals surface area (Å²) in [5, 5.41) is 6.32. The van der Waals surface area contributed by atoms with E-state index in [2.05, 4.69) is 33.8 Å². The van der Waals surface area contributed by atoms with Gasteiger partial charge in [0.05, 0.1) is 0 Å². The Bertz CT molecular complexity index is 480. The van der Waals surface area contributed by atoms with Gasteiger partial charge in [0.15, 0.2) is 5.96 Å². The molecule has 0 bridgehead atoms. The van der Waals surface area contributed by atoms with Gasteiger partial charge in [0.2, 0.25) is 0 Å². The van der Waals surface area contributed by atoms with Gasteiger partial charge in [-0.25, -0.2) is 4.99 Å². The van der Waals surface area contributed by atoms with Crippen LogP contribution in [0.15, 0.2) is 47.1 Å². The first-order valence-corrected chi connectivity index (χ1v) is 6.44. The monoisotopic (exact) mass is 259 g/mol. The third kappa shape index (κ3) is 3.33. The quantitative estimate of drug-likeness (QED) is 0.612. The Balaban J connectivity index is 2.21. The highest BCUT2D eigenvalue weighted by Crippen LogP contribution is 2.20. The number of nitrogens with zero attached hydrogens (tertiary/aromatic N) is 1. The summed E-state index contributed by atoms with van der Waals surface area (Å²) < 4.78 is 0. The fourth-order valence-corrected chi connectivity index (χ4v) is 2.28. The lowest BCUT2D eigenvalue weighted by molar-refractivity contribution is 0.418. The lowest BCUT2D eigenvalue weighted by atomic mass is 10.0. The molecule has 0 saturated carbocycles. The highest BCUT2D eigenvalue weighted by Gasteiger charge is 2.28. The van der Waals surface area contributed by atoms with Crippen LogP contribution >= 0.6 is 0 Å². The molecule has 1 aromatic carbocycles. The molecule has 1 atom stereocenters. The van der Waals surface area contributed by atoms with Crippen LogP contribution in [0.3, 0.4) is 0 Å². The lowest BCUT2D eigenvalue weighted by Gasteiger charge is -2.31. The molecule has 0 amide bonds. The molecule has 0 fully saturated rings. The second kappa shape index (κ2) is 5.86. The van der Waals surface area contributed by atoms with Crippen molar-refractivity contribution < 1.29 is 0 Å². The number of nitrogens with two attached hydrogens (primary N) is 2. The van der Waals surface area contributed by atoms with Crippen molar-refractivity contribution in [2.45, 2.75) is 18.5 Å². The van der Waals surface area contributed by atoms with Crippen LogP contribution in [0.25, 0.3) is 0 Å². The number of nitrogens with one attached hydrogen (secondary N) is 2. The number of likely N-dealkylation sites (N-methyl/N-ethyl adjacent to an activating group) is 1. The lowest BCUT2D eigenvalue weighted by Crippen LogP contribution is -2.49. The fraction of sp³-hybridized carbons (Fsp3) is 0.357. The minimum Gasteiger partial charge on any atom is -0.370 e. The van der Waals surface area contributed by atoms with Gasteiger partial charge >= 0.3 is 0 Å². The summed E-state index contributed by atoms with van der Waals surface area (Å²) in [7, 11) is 1.87. The van der Waals surface area contributed by atoms with Crippen molar-refractivity contribution in [3.63, 3.8) is 0 Å². The Morgan fingerprint density at radius 2 is 2.05 bits per heavy atom. The molecule has 1 heterocycles. The van der Waals surface area contributed by atoms with Crippen LogP contribution in [-0.4, -0.2) is 25.2 Å². The summed E-state index contributed by atoms with van der Waals surface area (Å²) in [6.07, 6.45) is 3.58. The van der Waals surface area contributed by atoms with Crippen molar-refractivity contribution in [3.05, 3.63) is 47.7 Å². The first-order valence-electron chi connectivity index (χ1n) is 6.44. The van der Waals surface area contributed by atoms with E-state index in [9.17, 15) is 0 Å². The predicted molar refractivity (Wildman–Crippen MR) is 78.4 cm³/mol. The van der Waals surface area contributed by atoms with E-state index in [0.717, 1.165) is 12.1 Å². The minimum atomic E-state index is -0.492. The van der Waals surface area contributed by atoms with Gasteiger partial charge in [-0.2, -0.15) is 0 Å². The highest BCUT2D eigenvalue weighted by atomic mass is 15.2. The van der Waals surface area contributed by atoms with Crippen molar-refractivity contribution in [2.24, 2.45) is 16.5 Å². The molecule has 2 rings (SSSR count). The van der Waals surface area contributed by atoms with Crippen molar-refractivity contribution in [1.29, 1.82) is 0 Å². The number of hydrogen-bond donors (Lipinski definition) is 4. The van der Waals surface area contributed by atoms with E-state index in [4.69, 9.17) is 11.5 Å². The van der Waals surface area contributed by atoms with Crippen LogP contribution in [0.4, 0.5) is 0 Å². The average molecular weight is 259 g/mol. The van der Waals surface area contributed by atoms with Crippen LogP contribution in [0.1, 0.15) is 12.0 Å². The maximum atomic E-state index is 5.88. The van der Waals surface area contributed by atoms with E-state index in [1.165, 1.54) is 5.56 Å². The molecular formula is C14H21N5. The summed E-state index contributed by atoms with van der Waals surface area (Å²) in [6.45, 7) is 0.548. The second-order valence-corrected chi connectivity index (χ2v) is 4.67. The van der Waals surface area contributed by atoms with Crippen LogP contribution < -0.4 is 22.1 Å². The Morgan fingerprint density at radius 1 is 1.32 bits per heavy atom. The minimum absolute atomic E-state index is 0.427. The first kappa shape index (κ1) is 13.6. The molecule has 19 heavy (non-hydrogen) atoms. The molecule has 0 saturated heterocycles. The maximum absolute atomic E-state index is 5.88. The number of guanidine groups is 1. The van der Waals surface area contributed by atoms with Crippen molar-refractivity contribution >= 4 is 5.96 Å². The Labute approximate surface area is 113 Å². The van der Waals surface area contributed by atoms with Crippen molar-refractivity contribution in [3.8, 4) is 0 Å². The average Bonchev–Trinajstić information content (AvgIpc) is 2.39. The summed E-state index contributed by atoms with van der Waals surface area (Å²) in [4.78, 5) is 4.43. The van der Waals surface area contributed by atoms with E-state index >= 15 is 0 Å². The zero-order valence-corrected chi connectivity index (χ0v) is 11.2. The van der Waals surface area contributed by atoms with Gasteiger partial charge < -0.3 is 16.8 Å². The van der Waals surface area contributed by atoms with Gasteiger partial charge in [0.1, 0.15) is 5.66 Å². The maximum Gasteiger partial charge on any atom is 0.195 e. The number of hydrogen-bond acceptors (Lipinski definition) is 5. The standard InChI is InChI=1S/C14H21N5/c1-17-14(7-8-15)10-12(18-13(16)19-14)9-11-5-3-2-4-6-11/h2-6,10,17H,7-9,15H2,1H3,(H3,16,18,19). The molecule has 1 aliphatic heterocycles. The van der Waals surface area contributed by atoms with Crippen LogP contribution in [0.2, 0.25) is 0 Å². The summed E-state index contributed by atoms with van der Waals surface area (Å²) in [5.74, 6) is 0.427. The van der Waals surface area contributed by atoms with Gasteiger partial charge in [0, 0.05) is 18.5 Å². The molecule has 1 aromatic rings. The number of allylic oxidation sites excluding steroid dienone is 1. The Hall–Kier alpha value is -1.85. The van der Waals surface area contributed by atoms with Crippen LogP contribution in [0, 0.1) is 0 Å². The third-order valence-electron chi connectivity index (χ3n) is 3.22. The van der Waals surface area contributed by atoms with Gasteiger partial charge in [0.25, 0.3) is 0 Å². The van der Waals surface area contributed by atoms with E-state index < -0.39 is 5.66 Å². The summed E-state index contributed by atoms with van der Waals surface area (Å²) in [5.41, 5.74) is 13.3. The zero-order valence-electron chi connectivity index (χ0n) is 11.2. The third-order valence-corrected chi connectivity index (χ3v) is 3.22. The topological polar surface area (TPSA) is 88.5 Å². The number of rotatable bonds is 5. The number of benzene rings is 1. The number of aliphatic imine (C=N–C) groups is 1. The molecular weight excluding hydrogens is 238 g/mol. The van der Waals surface area contributed by atoms with E-state index in [-0.39, 0.29) is 0 Å². The smallest absolute Gasteiger partial charge is 0.195 e. The van der Waals surface area contributed by atoms with Gasteiger partial charge in [-0.05, 0) is 25.2 Å². The zero-order chi connectivity index (χ0) is 13.7. The SMILES string of the molecule is CNC1(CCN)C=C(Cc2ccccc2)NC(N)=N1. The fourth-order valence-electron chi connectivity index (χ4n) is 2.28. The molecule has 0 spiro atoms.